The summed E-state index contributed by atoms with van der Waals surface area (Å²) in [4.78, 5) is 11.1. The largest absolute Gasteiger partial charge is 0.486 e. The highest BCUT2D eigenvalue weighted by molar-refractivity contribution is 5.87. The zero-order chi connectivity index (χ0) is 12.8. The van der Waals surface area contributed by atoms with Crippen molar-refractivity contribution in [1.82, 2.24) is 0 Å². The molecule has 0 saturated heterocycles. The van der Waals surface area contributed by atoms with Crippen LogP contribution in [0.5, 0.6) is 5.75 Å². The molecule has 92 valence electrons. The number of hydrogen-bond acceptors (Lipinski definition) is 3. The average Bonchev–Trinajstić information content (AvgIpc) is 2.33. The highest BCUT2D eigenvalue weighted by atomic mass is 19.1. The quantitative estimate of drug-likeness (QED) is 0.597. The number of rotatable bonds is 4. The lowest BCUT2D eigenvalue weighted by Crippen LogP contribution is -2.04. The second kappa shape index (κ2) is 6.03. The fourth-order valence-electron chi connectivity index (χ4n) is 1.23. The molecule has 0 aliphatic rings. The molecular formula is C13H15FO3. The first-order chi connectivity index (χ1) is 8.06. The van der Waals surface area contributed by atoms with Gasteiger partial charge in [-0.2, -0.15) is 0 Å². The molecule has 0 unspecified atom stereocenters. The Bertz CT molecular complexity index is 438. The second-order valence-corrected chi connectivity index (χ2v) is 3.58. The summed E-state index contributed by atoms with van der Waals surface area (Å²) in [6.45, 7) is 3.40. The maximum atomic E-state index is 13.5. The van der Waals surface area contributed by atoms with Gasteiger partial charge < -0.3 is 9.47 Å². The predicted molar refractivity (Wildman–Crippen MR) is 62.4 cm³/mol. The van der Waals surface area contributed by atoms with E-state index in [-0.39, 0.29) is 18.2 Å². The van der Waals surface area contributed by atoms with E-state index in [9.17, 15) is 9.18 Å². The first-order valence-electron chi connectivity index (χ1n) is 5.19. The van der Waals surface area contributed by atoms with Crippen LogP contribution in [0.3, 0.4) is 0 Å². The second-order valence-electron chi connectivity index (χ2n) is 3.58. The van der Waals surface area contributed by atoms with E-state index in [4.69, 9.17) is 4.74 Å². The Morgan fingerprint density at radius 1 is 1.47 bits per heavy atom. The summed E-state index contributed by atoms with van der Waals surface area (Å²) in [6, 6.07) is 4.92. The standard InChI is InChI=1S/C13H15FO3/c1-9-5-4-6-11(12(9)14)17-8-7-10(2)13(15)16-3/h4-7H,8H2,1-3H3/b10-7+. The average molecular weight is 238 g/mol. The highest BCUT2D eigenvalue weighted by Crippen LogP contribution is 2.19. The molecule has 4 heteroatoms. The first-order valence-corrected chi connectivity index (χ1v) is 5.19. The van der Waals surface area contributed by atoms with Gasteiger partial charge in [0.05, 0.1) is 7.11 Å². The molecule has 17 heavy (non-hydrogen) atoms. The molecule has 0 atom stereocenters. The van der Waals surface area contributed by atoms with Gasteiger partial charge in [-0.3, -0.25) is 0 Å². The molecule has 0 spiro atoms. The van der Waals surface area contributed by atoms with Crippen LogP contribution in [-0.2, 0) is 9.53 Å². The van der Waals surface area contributed by atoms with Crippen molar-refractivity contribution in [3.8, 4) is 5.75 Å². The molecule has 3 nitrogen and oxygen atoms in total. The molecule has 1 rings (SSSR count). The lowest BCUT2D eigenvalue weighted by Gasteiger charge is -2.06. The van der Waals surface area contributed by atoms with E-state index in [2.05, 4.69) is 4.74 Å². The van der Waals surface area contributed by atoms with Crippen LogP contribution >= 0.6 is 0 Å². The molecule has 0 amide bonds. The maximum Gasteiger partial charge on any atom is 0.333 e. The number of carbonyl (C=O) groups excluding carboxylic acids is 1. The van der Waals surface area contributed by atoms with Gasteiger partial charge in [0.2, 0.25) is 0 Å². The van der Waals surface area contributed by atoms with Crippen molar-refractivity contribution >= 4 is 5.97 Å². The molecule has 0 fully saturated rings. The van der Waals surface area contributed by atoms with Crippen LogP contribution in [-0.4, -0.2) is 19.7 Å². The SMILES string of the molecule is COC(=O)/C(C)=C/COc1cccc(C)c1F. The van der Waals surface area contributed by atoms with Gasteiger partial charge in [0.1, 0.15) is 6.61 Å². The fraction of sp³-hybridized carbons (Fsp3) is 0.308. The molecule has 0 saturated carbocycles. The maximum absolute atomic E-state index is 13.5. The van der Waals surface area contributed by atoms with Gasteiger partial charge >= 0.3 is 5.97 Å². The topological polar surface area (TPSA) is 35.5 Å². The number of esters is 1. The van der Waals surface area contributed by atoms with Gasteiger partial charge in [0.25, 0.3) is 0 Å². The molecule has 0 N–H and O–H groups in total. The number of methoxy groups -OCH3 is 1. The van der Waals surface area contributed by atoms with Gasteiger partial charge in [-0.05, 0) is 31.6 Å². The van der Waals surface area contributed by atoms with Gasteiger partial charge in [-0.1, -0.05) is 12.1 Å². The van der Waals surface area contributed by atoms with E-state index in [1.165, 1.54) is 7.11 Å². The lowest BCUT2D eigenvalue weighted by atomic mass is 10.2. The number of carbonyl (C=O) groups is 1. The Hall–Kier alpha value is -1.84. The smallest absolute Gasteiger partial charge is 0.333 e. The third-order valence-electron chi connectivity index (χ3n) is 2.29. The number of ether oxygens (including phenoxy) is 2. The van der Waals surface area contributed by atoms with Crippen LogP contribution in [0.25, 0.3) is 0 Å². The Balaban J connectivity index is 2.63. The van der Waals surface area contributed by atoms with Crippen molar-refractivity contribution < 1.29 is 18.7 Å². The van der Waals surface area contributed by atoms with Crippen molar-refractivity contribution in [2.75, 3.05) is 13.7 Å². The Morgan fingerprint density at radius 3 is 2.82 bits per heavy atom. The third kappa shape index (κ3) is 3.59. The van der Waals surface area contributed by atoms with Crippen LogP contribution < -0.4 is 4.74 Å². The van der Waals surface area contributed by atoms with E-state index < -0.39 is 5.97 Å². The number of aryl methyl sites for hydroxylation is 1. The molecular weight excluding hydrogens is 223 g/mol. The van der Waals surface area contributed by atoms with Crippen molar-refractivity contribution in [3.63, 3.8) is 0 Å². The molecule has 0 aliphatic carbocycles. The number of halogens is 1. The monoisotopic (exact) mass is 238 g/mol. The molecule has 1 aromatic rings. The minimum Gasteiger partial charge on any atom is -0.486 e. The third-order valence-corrected chi connectivity index (χ3v) is 2.29. The Kier molecular flexibility index (Phi) is 4.69. The van der Waals surface area contributed by atoms with Gasteiger partial charge in [-0.15, -0.1) is 0 Å². The highest BCUT2D eigenvalue weighted by Gasteiger charge is 2.06. The summed E-state index contributed by atoms with van der Waals surface area (Å²) >= 11 is 0. The van der Waals surface area contributed by atoms with E-state index in [1.807, 2.05) is 0 Å². The number of benzene rings is 1. The molecule has 0 aliphatic heterocycles. The van der Waals surface area contributed by atoms with E-state index in [1.54, 1.807) is 38.1 Å². The predicted octanol–water partition coefficient (Wildman–Crippen LogP) is 2.63. The minimum atomic E-state index is -0.418. The molecule has 0 heterocycles. The summed E-state index contributed by atoms with van der Waals surface area (Å²) in [6.07, 6.45) is 1.55. The van der Waals surface area contributed by atoms with Crippen molar-refractivity contribution in [2.45, 2.75) is 13.8 Å². The van der Waals surface area contributed by atoms with Crippen molar-refractivity contribution in [2.24, 2.45) is 0 Å². The summed E-state index contributed by atoms with van der Waals surface area (Å²) in [5.41, 5.74) is 0.955. The molecule has 0 bridgehead atoms. The Labute approximate surface area is 99.9 Å². The fourth-order valence-corrected chi connectivity index (χ4v) is 1.23. The van der Waals surface area contributed by atoms with Gasteiger partial charge in [-0.25, -0.2) is 9.18 Å². The first kappa shape index (κ1) is 13.2. The normalized spacial score (nSPS) is 11.2. The van der Waals surface area contributed by atoms with E-state index in [0.29, 0.717) is 11.1 Å². The summed E-state index contributed by atoms with van der Waals surface area (Å²) in [7, 11) is 1.31. The van der Waals surface area contributed by atoms with Crippen LogP contribution in [0.1, 0.15) is 12.5 Å². The summed E-state index contributed by atoms with van der Waals surface area (Å²) in [5.74, 6) is -0.617. The lowest BCUT2D eigenvalue weighted by molar-refractivity contribution is -0.136. The van der Waals surface area contributed by atoms with E-state index >= 15 is 0 Å². The Morgan fingerprint density at radius 2 is 2.18 bits per heavy atom. The van der Waals surface area contributed by atoms with Gasteiger partial charge in [0, 0.05) is 5.57 Å². The molecule has 0 aromatic heterocycles. The molecule has 1 aromatic carbocycles. The molecule has 0 radical (unpaired) electrons. The van der Waals surface area contributed by atoms with Crippen LogP contribution in [0, 0.1) is 12.7 Å². The minimum absolute atomic E-state index is 0.126. The van der Waals surface area contributed by atoms with Gasteiger partial charge in [0.15, 0.2) is 11.6 Å². The summed E-state index contributed by atoms with van der Waals surface area (Å²) < 4.78 is 23.3. The zero-order valence-corrected chi connectivity index (χ0v) is 10.1. The zero-order valence-electron chi connectivity index (χ0n) is 10.1. The van der Waals surface area contributed by atoms with E-state index in [0.717, 1.165) is 0 Å². The van der Waals surface area contributed by atoms with Crippen LogP contribution in [0.2, 0.25) is 0 Å². The van der Waals surface area contributed by atoms with Crippen LogP contribution in [0.4, 0.5) is 4.39 Å². The van der Waals surface area contributed by atoms with Crippen LogP contribution in [0.15, 0.2) is 29.8 Å². The van der Waals surface area contributed by atoms with Crippen molar-refractivity contribution in [3.05, 3.63) is 41.2 Å². The summed E-state index contributed by atoms with van der Waals surface area (Å²) in [5, 5.41) is 0. The van der Waals surface area contributed by atoms with Crippen molar-refractivity contribution in [1.29, 1.82) is 0 Å². The number of hydrogen-bond donors (Lipinski definition) is 0.